The first kappa shape index (κ1) is 13.9. The Hall–Kier alpha value is -1.14. The molecule has 1 heterocycles. The van der Waals surface area contributed by atoms with Gasteiger partial charge >= 0.3 is 6.09 Å². The van der Waals surface area contributed by atoms with Crippen LogP contribution in [0.4, 0.5) is 4.79 Å². The van der Waals surface area contributed by atoms with E-state index in [2.05, 4.69) is 4.89 Å². The fourth-order valence-corrected chi connectivity index (χ4v) is 1.59. The molecular formula is C11H19NO5. The first-order chi connectivity index (χ1) is 7.83. The molecule has 17 heavy (non-hydrogen) atoms. The summed E-state index contributed by atoms with van der Waals surface area (Å²) in [4.78, 5) is 33.8. The second-order valence-corrected chi connectivity index (χ2v) is 4.96. The number of rotatable bonds is 3. The number of hydrogen-bond donors (Lipinski definition) is 0. The maximum Gasteiger partial charge on any atom is 0.411 e. The number of ether oxygens (including phenoxy) is 1. The molecule has 6 nitrogen and oxygen atoms in total. The highest BCUT2D eigenvalue weighted by Gasteiger charge is 2.36. The molecule has 0 saturated carbocycles. The molecule has 0 aromatic carbocycles. The van der Waals surface area contributed by atoms with Gasteiger partial charge in [0.05, 0.1) is 19.7 Å². The van der Waals surface area contributed by atoms with Crippen LogP contribution in [0.5, 0.6) is 0 Å². The van der Waals surface area contributed by atoms with Crippen LogP contribution in [0.1, 0.15) is 27.2 Å². The van der Waals surface area contributed by atoms with Crippen molar-refractivity contribution in [2.45, 2.75) is 38.8 Å². The van der Waals surface area contributed by atoms with Gasteiger partial charge < -0.3 is 4.74 Å². The van der Waals surface area contributed by atoms with Crippen molar-refractivity contribution in [2.24, 2.45) is 0 Å². The van der Waals surface area contributed by atoms with Crippen molar-refractivity contribution in [1.29, 1.82) is 0 Å². The monoisotopic (exact) mass is 245 g/mol. The Bertz CT molecular complexity index is 297. The van der Waals surface area contributed by atoms with Crippen molar-refractivity contribution >= 4 is 11.9 Å². The predicted molar refractivity (Wildman–Crippen MR) is 59.3 cm³/mol. The molecule has 0 spiro atoms. The Balaban J connectivity index is 2.60. The van der Waals surface area contributed by atoms with Gasteiger partial charge in [0.2, 0.25) is 0 Å². The third-order valence-electron chi connectivity index (χ3n) is 2.26. The lowest BCUT2D eigenvalue weighted by Crippen LogP contribution is -2.41. The summed E-state index contributed by atoms with van der Waals surface area (Å²) in [6.07, 6.45) is -0.212. The maximum absolute atomic E-state index is 11.8. The largest absolute Gasteiger partial charge is 0.444 e. The number of carbonyl (C=O) groups excluding carboxylic acids is 2. The van der Waals surface area contributed by atoms with Gasteiger partial charge in [0.15, 0.2) is 5.78 Å². The van der Waals surface area contributed by atoms with Crippen LogP contribution in [0, 0.1) is 0 Å². The first-order valence-electron chi connectivity index (χ1n) is 5.50. The van der Waals surface area contributed by atoms with E-state index in [0.29, 0.717) is 0 Å². The zero-order valence-electron chi connectivity index (χ0n) is 10.7. The van der Waals surface area contributed by atoms with Crippen molar-refractivity contribution in [3.05, 3.63) is 0 Å². The van der Waals surface area contributed by atoms with Gasteiger partial charge in [-0.2, -0.15) is 0 Å². The number of Topliss-reactive ketones (excluding diaryl/α,β-unsaturated/α-hetero) is 1. The minimum atomic E-state index is -0.574. The summed E-state index contributed by atoms with van der Waals surface area (Å²) < 4.78 is 5.22. The molecular weight excluding hydrogens is 226 g/mol. The number of amides is 1. The number of ketones is 1. The lowest BCUT2D eigenvalue weighted by molar-refractivity contribution is -0.278. The number of nitrogens with zero attached hydrogens (tertiary/aromatic N) is 1. The van der Waals surface area contributed by atoms with Gasteiger partial charge in [-0.05, 0) is 20.8 Å². The Morgan fingerprint density at radius 3 is 2.65 bits per heavy atom. The molecule has 1 fully saturated rings. The Morgan fingerprint density at radius 1 is 1.47 bits per heavy atom. The zero-order valence-corrected chi connectivity index (χ0v) is 10.7. The van der Waals surface area contributed by atoms with Gasteiger partial charge in [-0.1, -0.05) is 0 Å². The summed E-state index contributed by atoms with van der Waals surface area (Å²) >= 11 is 0. The highest BCUT2D eigenvalue weighted by atomic mass is 17.2. The number of hydrogen-bond acceptors (Lipinski definition) is 5. The number of likely N-dealkylation sites (tertiary alicyclic amines) is 1. The van der Waals surface area contributed by atoms with Crippen LogP contribution in [0.25, 0.3) is 0 Å². The Kier molecular flexibility index (Phi) is 4.47. The van der Waals surface area contributed by atoms with Crippen molar-refractivity contribution in [2.75, 3.05) is 20.3 Å². The second kappa shape index (κ2) is 5.46. The molecule has 0 aromatic rings. The number of carbonyl (C=O) groups is 2. The molecule has 0 N–H and O–H groups in total. The highest BCUT2D eigenvalue weighted by Crippen LogP contribution is 2.19. The fourth-order valence-electron chi connectivity index (χ4n) is 1.59. The third kappa shape index (κ3) is 4.32. The summed E-state index contributed by atoms with van der Waals surface area (Å²) in [5.41, 5.74) is -0.574. The minimum Gasteiger partial charge on any atom is -0.444 e. The standard InChI is InChI=1S/C11H19NO5/c1-11(2,3)17-10(14)12-6-9(13)5-8(12)7-16-15-4/h8H,5-7H2,1-4H3/t8-/m0/s1. The van der Waals surface area contributed by atoms with E-state index < -0.39 is 11.7 Å². The smallest absolute Gasteiger partial charge is 0.411 e. The molecule has 1 aliphatic rings. The van der Waals surface area contributed by atoms with Gasteiger partial charge in [-0.15, -0.1) is 0 Å². The van der Waals surface area contributed by atoms with Gasteiger partial charge in [0.1, 0.15) is 12.2 Å². The van der Waals surface area contributed by atoms with Crippen LogP contribution in [-0.4, -0.2) is 48.7 Å². The van der Waals surface area contributed by atoms with Crippen LogP contribution < -0.4 is 0 Å². The van der Waals surface area contributed by atoms with E-state index in [1.807, 2.05) is 0 Å². The quantitative estimate of drug-likeness (QED) is 0.551. The van der Waals surface area contributed by atoms with E-state index in [9.17, 15) is 9.59 Å². The first-order valence-corrected chi connectivity index (χ1v) is 5.50. The third-order valence-corrected chi connectivity index (χ3v) is 2.26. The van der Waals surface area contributed by atoms with Crippen molar-refractivity contribution in [1.82, 2.24) is 4.90 Å². The molecule has 0 unspecified atom stereocenters. The molecule has 98 valence electrons. The molecule has 1 aliphatic heterocycles. The average molecular weight is 245 g/mol. The van der Waals surface area contributed by atoms with Gasteiger partial charge in [0.25, 0.3) is 0 Å². The lowest BCUT2D eigenvalue weighted by atomic mass is 10.2. The average Bonchev–Trinajstić information content (AvgIpc) is 2.54. The van der Waals surface area contributed by atoms with Crippen LogP contribution in [0.3, 0.4) is 0 Å². The van der Waals surface area contributed by atoms with Crippen LogP contribution in [0.2, 0.25) is 0 Å². The SMILES string of the molecule is COOC[C@@H]1CC(=O)CN1C(=O)OC(C)(C)C. The van der Waals surface area contributed by atoms with Crippen molar-refractivity contribution < 1.29 is 24.1 Å². The summed E-state index contributed by atoms with van der Waals surface area (Å²) in [6.45, 7) is 5.59. The molecule has 6 heteroatoms. The van der Waals surface area contributed by atoms with Gasteiger partial charge in [0, 0.05) is 6.42 Å². The minimum absolute atomic E-state index is 0.000521. The van der Waals surface area contributed by atoms with Gasteiger partial charge in [-0.3, -0.25) is 9.69 Å². The van der Waals surface area contributed by atoms with E-state index in [1.54, 1.807) is 20.8 Å². The highest BCUT2D eigenvalue weighted by molar-refractivity contribution is 5.88. The Morgan fingerprint density at radius 2 is 2.12 bits per heavy atom. The van der Waals surface area contributed by atoms with Gasteiger partial charge in [-0.25, -0.2) is 14.6 Å². The second-order valence-electron chi connectivity index (χ2n) is 4.96. The van der Waals surface area contributed by atoms with Crippen LogP contribution in [-0.2, 0) is 19.3 Å². The van der Waals surface area contributed by atoms with Crippen molar-refractivity contribution in [3.8, 4) is 0 Å². The zero-order chi connectivity index (χ0) is 13.1. The normalized spacial score (nSPS) is 20.8. The van der Waals surface area contributed by atoms with E-state index in [1.165, 1.54) is 12.0 Å². The predicted octanol–water partition coefficient (Wildman–Crippen LogP) is 1.14. The summed E-state index contributed by atoms with van der Waals surface area (Å²) in [6, 6.07) is -0.308. The molecule has 0 bridgehead atoms. The summed E-state index contributed by atoms with van der Waals surface area (Å²) in [5, 5.41) is 0. The molecule has 0 aliphatic carbocycles. The van der Waals surface area contributed by atoms with E-state index >= 15 is 0 Å². The van der Waals surface area contributed by atoms with Crippen LogP contribution >= 0.6 is 0 Å². The summed E-state index contributed by atoms with van der Waals surface area (Å²) in [7, 11) is 1.38. The Labute approximate surface area is 101 Å². The fraction of sp³-hybridized carbons (Fsp3) is 0.818. The van der Waals surface area contributed by atoms with Crippen LogP contribution in [0.15, 0.2) is 0 Å². The van der Waals surface area contributed by atoms with Crippen molar-refractivity contribution in [3.63, 3.8) is 0 Å². The topological polar surface area (TPSA) is 65.1 Å². The molecule has 1 saturated heterocycles. The van der Waals surface area contributed by atoms with E-state index in [-0.39, 0.29) is 31.4 Å². The molecule has 1 atom stereocenters. The molecule has 1 amide bonds. The molecule has 0 aromatic heterocycles. The maximum atomic E-state index is 11.8. The van der Waals surface area contributed by atoms with E-state index in [4.69, 9.17) is 9.62 Å². The molecule has 1 rings (SSSR count). The lowest BCUT2D eigenvalue weighted by Gasteiger charge is -2.27. The van der Waals surface area contributed by atoms with E-state index in [0.717, 1.165) is 0 Å². The summed E-state index contributed by atoms with van der Waals surface area (Å²) in [5.74, 6) is 0.000521. The molecule has 0 radical (unpaired) electrons.